The molecule has 4 nitrogen and oxygen atoms in total. The van der Waals surface area contributed by atoms with Crippen LogP contribution in [0.15, 0.2) is 30.3 Å². The third-order valence-corrected chi connectivity index (χ3v) is 3.84. The van der Waals surface area contributed by atoms with Crippen LogP contribution in [-0.4, -0.2) is 65.4 Å². The summed E-state index contributed by atoms with van der Waals surface area (Å²) in [5.74, 6) is 0. The minimum atomic E-state index is -0.334. The molecule has 4 heteroatoms. The summed E-state index contributed by atoms with van der Waals surface area (Å²) in [5.41, 5.74) is 1.27. The quantitative estimate of drug-likeness (QED) is 0.813. The van der Waals surface area contributed by atoms with Crippen molar-refractivity contribution in [1.29, 1.82) is 0 Å². The monoisotopic (exact) mass is 278 g/mol. The van der Waals surface area contributed by atoms with E-state index in [2.05, 4.69) is 21.9 Å². The fourth-order valence-corrected chi connectivity index (χ4v) is 2.78. The van der Waals surface area contributed by atoms with Gasteiger partial charge in [-0.15, -0.1) is 0 Å². The van der Waals surface area contributed by atoms with Crippen LogP contribution >= 0.6 is 0 Å². The summed E-state index contributed by atoms with van der Waals surface area (Å²) in [6.07, 6.45) is 1.17. The zero-order valence-electron chi connectivity index (χ0n) is 12.3. The first-order chi connectivity index (χ1) is 9.63. The normalized spacial score (nSPS) is 19.4. The second kappa shape index (κ2) is 7.74. The van der Waals surface area contributed by atoms with Gasteiger partial charge < -0.3 is 15.1 Å². The predicted molar refractivity (Wildman–Crippen MR) is 80.5 cm³/mol. The fraction of sp³-hybridized carbons (Fsp3) is 0.625. The molecule has 0 bridgehead atoms. The van der Waals surface area contributed by atoms with Gasteiger partial charge >= 0.3 is 0 Å². The summed E-state index contributed by atoms with van der Waals surface area (Å²) in [6.45, 7) is 4.01. The third-order valence-electron chi connectivity index (χ3n) is 3.84. The molecule has 0 spiro atoms. The molecule has 1 aromatic rings. The van der Waals surface area contributed by atoms with Crippen LogP contribution in [-0.2, 0) is 6.54 Å². The van der Waals surface area contributed by atoms with Crippen LogP contribution in [0, 0.1) is 0 Å². The first-order valence-corrected chi connectivity index (χ1v) is 7.44. The molecule has 1 heterocycles. The average molecular weight is 278 g/mol. The van der Waals surface area contributed by atoms with E-state index in [0.29, 0.717) is 13.1 Å². The number of hydrogen-bond acceptors (Lipinski definition) is 4. The largest absolute Gasteiger partial charge is 0.393 e. The van der Waals surface area contributed by atoms with E-state index in [1.165, 1.54) is 5.56 Å². The standard InChI is InChI=1S/C16H26N2O2/c1-17(11-14-5-3-2-4-6-14)12-16(20)13-18-9-7-15(19)8-10-18/h2-6,15-16,19-20H,7-13H2,1H3. The van der Waals surface area contributed by atoms with Gasteiger partial charge in [0.1, 0.15) is 0 Å². The summed E-state index contributed by atoms with van der Waals surface area (Å²) < 4.78 is 0. The first-order valence-electron chi connectivity index (χ1n) is 7.44. The molecule has 20 heavy (non-hydrogen) atoms. The number of likely N-dealkylation sites (N-methyl/N-ethyl adjacent to an activating group) is 1. The van der Waals surface area contributed by atoms with Crippen LogP contribution in [0.4, 0.5) is 0 Å². The van der Waals surface area contributed by atoms with Gasteiger partial charge in [0, 0.05) is 32.7 Å². The average Bonchev–Trinajstić information content (AvgIpc) is 2.42. The van der Waals surface area contributed by atoms with Crippen molar-refractivity contribution in [2.24, 2.45) is 0 Å². The van der Waals surface area contributed by atoms with Crippen molar-refractivity contribution in [3.63, 3.8) is 0 Å². The topological polar surface area (TPSA) is 46.9 Å². The van der Waals surface area contributed by atoms with Crippen molar-refractivity contribution in [3.05, 3.63) is 35.9 Å². The Labute approximate surface area is 121 Å². The van der Waals surface area contributed by atoms with Crippen LogP contribution in [0.5, 0.6) is 0 Å². The summed E-state index contributed by atoms with van der Waals surface area (Å²) in [5, 5.41) is 19.6. The second-order valence-electron chi connectivity index (χ2n) is 5.87. The molecule has 0 saturated carbocycles. The van der Waals surface area contributed by atoms with Crippen molar-refractivity contribution < 1.29 is 10.2 Å². The molecule has 112 valence electrons. The van der Waals surface area contributed by atoms with Gasteiger partial charge in [-0.05, 0) is 25.5 Å². The Kier molecular flexibility index (Phi) is 5.98. The van der Waals surface area contributed by atoms with Crippen LogP contribution < -0.4 is 0 Å². The maximum atomic E-state index is 10.2. The van der Waals surface area contributed by atoms with Crippen molar-refractivity contribution in [2.75, 3.05) is 33.2 Å². The SMILES string of the molecule is CN(Cc1ccccc1)CC(O)CN1CCC(O)CC1. The maximum Gasteiger partial charge on any atom is 0.0793 e. The Balaban J connectivity index is 1.69. The number of likely N-dealkylation sites (tertiary alicyclic amines) is 1. The van der Waals surface area contributed by atoms with Gasteiger partial charge in [-0.1, -0.05) is 30.3 Å². The number of piperidine rings is 1. The molecule has 2 N–H and O–H groups in total. The lowest BCUT2D eigenvalue weighted by Gasteiger charge is -2.32. The Morgan fingerprint density at radius 1 is 1.25 bits per heavy atom. The van der Waals surface area contributed by atoms with Gasteiger partial charge in [0.15, 0.2) is 0 Å². The lowest BCUT2D eigenvalue weighted by molar-refractivity contribution is 0.0395. The summed E-state index contributed by atoms with van der Waals surface area (Å²) >= 11 is 0. The molecule has 1 saturated heterocycles. The number of hydrogen-bond donors (Lipinski definition) is 2. The van der Waals surface area contributed by atoms with Crippen molar-refractivity contribution in [3.8, 4) is 0 Å². The minimum absolute atomic E-state index is 0.149. The fourth-order valence-electron chi connectivity index (χ4n) is 2.78. The van der Waals surface area contributed by atoms with E-state index in [1.807, 2.05) is 25.2 Å². The Hall–Kier alpha value is -0.940. The van der Waals surface area contributed by atoms with E-state index in [1.54, 1.807) is 0 Å². The molecule has 1 aliphatic rings. The number of aliphatic hydroxyl groups is 2. The highest BCUT2D eigenvalue weighted by Crippen LogP contribution is 2.10. The Morgan fingerprint density at radius 3 is 2.55 bits per heavy atom. The van der Waals surface area contributed by atoms with Crippen molar-refractivity contribution in [2.45, 2.75) is 31.6 Å². The highest BCUT2D eigenvalue weighted by molar-refractivity contribution is 5.14. The molecular formula is C16H26N2O2. The second-order valence-corrected chi connectivity index (χ2v) is 5.87. The van der Waals surface area contributed by atoms with E-state index in [0.717, 1.165) is 32.5 Å². The minimum Gasteiger partial charge on any atom is -0.393 e. The molecule has 1 aromatic carbocycles. The van der Waals surface area contributed by atoms with Gasteiger partial charge in [-0.2, -0.15) is 0 Å². The molecule has 0 radical (unpaired) electrons. The number of nitrogens with zero attached hydrogens (tertiary/aromatic N) is 2. The summed E-state index contributed by atoms with van der Waals surface area (Å²) in [7, 11) is 2.04. The van der Waals surface area contributed by atoms with E-state index < -0.39 is 0 Å². The Bertz CT molecular complexity index is 377. The van der Waals surface area contributed by atoms with E-state index in [9.17, 15) is 10.2 Å². The van der Waals surface area contributed by atoms with E-state index >= 15 is 0 Å². The van der Waals surface area contributed by atoms with Crippen LogP contribution in [0.2, 0.25) is 0 Å². The molecule has 0 aliphatic carbocycles. The third kappa shape index (κ3) is 5.21. The molecular weight excluding hydrogens is 252 g/mol. The highest BCUT2D eigenvalue weighted by atomic mass is 16.3. The predicted octanol–water partition coefficient (Wildman–Crippen LogP) is 0.936. The smallest absolute Gasteiger partial charge is 0.0793 e. The maximum absolute atomic E-state index is 10.2. The van der Waals surface area contributed by atoms with Gasteiger partial charge in [0.25, 0.3) is 0 Å². The lowest BCUT2D eigenvalue weighted by Crippen LogP contribution is -2.43. The van der Waals surface area contributed by atoms with Crippen LogP contribution in [0.3, 0.4) is 0 Å². The molecule has 0 amide bonds. The number of rotatable bonds is 6. The van der Waals surface area contributed by atoms with Crippen molar-refractivity contribution in [1.82, 2.24) is 9.80 Å². The van der Waals surface area contributed by atoms with Crippen LogP contribution in [0.1, 0.15) is 18.4 Å². The summed E-state index contributed by atoms with van der Waals surface area (Å²) in [6, 6.07) is 10.3. The van der Waals surface area contributed by atoms with Gasteiger partial charge in [-0.3, -0.25) is 4.90 Å². The van der Waals surface area contributed by atoms with Crippen molar-refractivity contribution >= 4 is 0 Å². The number of benzene rings is 1. The molecule has 1 atom stereocenters. The molecule has 1 unspecified atom stereocenters. The zero-order valence-corrected chi connectivity index (χ0v) is 12.3. The van der Waals surface area contributed by atoms with E-state index in [4.69, 9.17) is 0 Å². The lowest BCUT2D eigenvalue weighted by atomic mass is 10.1. The van der Waals surface area contributed by atoms with Gasteiger partial charge in [0.05, 0.1) is 12.2 Å². The number of aliphatic hydroxyl groups excluding tert-OH is 2. The molecule has 1 aliphatic heterocycles. The first kappa shape index (κ1) is 15.4. The Morgan fingerprint density at radius 2 is 1.90 bits per heavy atom. The van der Waals surface area contributed by atoms with Crippen LogP contribution in [0.25, 0.3) is 0 Å². The number of β-amino-alcohol motifs (C(OH)–C–C–N with tert-alkyl or cyclic N) is 1. The molecule has 2 rings (SSSR count). The molecule has 1 fully saturated rings. The highest BCUT2D eigenvalue weighted by Gasteiger charge is 2.19. The van der Waals surface area contributed by atoms with Gasteiger partial charge in [0.2, 0.25) is 0 Å². The summed E-state index contributed by atoms with van der Waals surface area (Å²) in [4.78, 5) is 4.40. The van der Waals surface area contributed by atoms with E-state index in [-0.39, 0.29) is 12.2 Å². The zero-order chi connectivity index (χ0) is 14.4. The molecule has 0 aromatic heterocycles. The van der Waals surface area contributed by atoms with Gasteiger partial charge in [-0.25, -0.2) is 0 Å².